The van der Waals surface area contributed by atoms with Crippen LogP contribution in [0, 0.1) is 11.7 Å². The summed E-state index contributed by atoms with van der Waals surface area (Å²) in [5, 5.41) is 12.9. The molecule has 0 spiro atoms. The van der Waals surface area contributed by atoms with E-state index in [0.29, 0.717) is 11.1 Å². The number of thioether (sulfide) groups is 1. The number of amides is 1. The zero-order valence-corrected chi connectivity index (χ0v) is 17.3. The van der Waals surface area contributed by atoms with E-state index >= 15 is 0 Å². The Morgan fingerprint density at radius 3 is 3.10 bits per heavy atom. The molecular formula is C20H18FN5OS2. The highest BCUT2D eigenvalue weighted by Crippen LogP contribution is 2.39. The summed E-state index contributed by atoms with van der Waals surface area (Å²) in [6.07, 6.45) is 5.03. The van der Waals surface area contributed by atoms with Crippen molar-refractivity contribution in [3.8, 4) is 0 Å². The van der Waals surface area contributed by atoms with Crippen LogP contribution in [0.4, 0.5) is 10.1 Å². The molecule has 6 nitrogen and oxygen atoms in total. The number of rotatable bonds is 4. The number of fused-ring (bicyclic) bond motifs is 5. The molecule has 1 atom stereocenters. The van der Waals surface area contributed by atoms with Gasteiger partial charge in [-0.15, -0.1) is 21.5 Å². The number of halogens is 1. The SMILES string of the molecule is CC1CCc2c(sc3ncn4c(SCC(=O)Nc5ccccc5F)nnc4c23)C1. The number of benzene rings is 1. The van der Waals surface area contributed by atoms with Crippen LogP contribution in [0.5, 0.6) is 0 Å². The highest BCUT2D eigenvalue weighted by molar-refractivity contribution is 7.99. The fourth-order valence-electron chi connectivity index (χ4n) is 3.70. The highest BCUT2D eigenvalue weighted by atomic mass is 32.2. The summed E-state index contributed by atoms with van der Waals surface area (Å²) in [5.41, 5.74) is 2.31. The third kappa shape index (κ3) is 3.38. The van der Waals surface area contributed by atoms with Gasteiger partial charge in [-0.25, -0.2) is 9.37 Å². The monoisotopic (exact) mass is 427 g/mol. The van der Waals surface area contributed by atoms with Crippen molar-refractivity contribution >= 4 is 50.6 Å². The highest BCUT2D eigenvalue weighted by Gasteiger charge is 2.24. The first-order chi connectivity index (χ1) is 14.1. The molecule has 1 amide bonds. The molecule has 0 saturated carbocycles. The van der Waals surface area contributed by atoms with Crippen LogP contribution in [0.15, 0.2) is 35.7 Å². The molecule has 5 rings (SSSR count). The van der Waals surface area contributed by atoms with Crippen LogP contribution in [0.1, 0.15) is 23.8 Å². The number of para-hydroxylation sites is 1. The number of nitrogens with one attached hydrogen (secondary N) is 1. The van der Waals surface area contributed by atoms with Crippen LogP contribution in [0.25, 0.3) is 15.9 Å². The molecule has 29 heavy (non-hydrogen) atoms. The first kappa shape index (κ1) is 18.5. The van der Waals surface area contributed by atoms with Crippen molar-refractivity contribution in [1.29, 1.82) is 0 Å². The number of anilines is 1. The fraction of sp³-hybridized carbons (Fsp3) is 0.300. The third-order valence-corrected chi connectivity index (χ3v) is 7.26. The first-order valence-electron chi connectivity index (χ1n) is 9.41. The summed E-state index contributed by atoms with van der Waals surface area (Å²) in [4.78, 5) is 19.2. The quantitative estimate of drug-likeness (QED) is 0.491. The molecule has 9 heteroatoms. The van der Waals surface area contributed by atoms with Gasteiger partial charge in [0.1, 0.15) is 17.0 Å². The number of hydrogen-bond acceptors (Lipinski definition) is 6. The van der Waals surface area contributed by atoms with E-state index in [2.05, 4.69) is 27.4 Å². The smallest absolute Gasteiger partial charge is 0.234 e. The molecule has 0 saturated heterocycles. The predicted molar refractivity (Wildman–Crippen MR) is 113 cm³/mol. The molecule has 4 aromatic rings. The van der Waals surface area contributed by atoms with Gasteiger partial charge in [0.15, 0.2) is 10.8 Å². The number of nitrogens with zero attached hydrogens (tertiary/aromatic N) is 4. The number of aryl methyl sites for hydroxylation is 1. The van der Waals surface area contributed by atoms with Crippen LogP contribution in [-0.4, -0.2) is 31.2 Å². The molecule has 0 fully saturated rings. The van der Waals surface area contributed by atoms with Crippen LogP contribution in [0.2, 0.25) is 0 Å². The summed E-state index contributed by atoms with van der Waals surface area (Å²) in [6, 6.07) is 6.11. The van der Waals surface area contributed by atoms with Crippen molar-refractivity contribution in [3.05, 3.63) is 46.9 Å². The van der Waals surface area contributed by atoms with Gasteiger partial charge in [-0.3, -0.25) is 9.20 Å². The topological polar surface area (TPSA) is 72.2 Å². The first-order valence-corrected chi connectivity index (χ1v) is 11.2. The summed E-state index contributed by atoms with van der Waals surface area (Å²) in [7, 11) is 0. The minimum Gasteiger partial charge on any atom is -0.323 e. The largest absolute Gasteiger partial charge is 0.323 e. The molecule has 0 aliphatic heterocycles. The van der Waals surface area contributed by atoms with Gasteiger partial charge < -0.3 is 5.32 Å². The maximum atomic E-state index is 13.7. The number of carbonyl (C=O) groups excluding carboxylic acids is 1. The van der Waals surface area contributed by atoms with E-state index in [9.17, 15) is 9.18 Å². The molecule has 0 radical (unpaired) electrons. The van der Waals surface area contributed by atoms with E-state index in [1.807, 2.05) is 4.40 Å². The predicted octanol–water partition coefficient (Wildman–Crippen LogP) is 4.33. The molecule has 1 unspecified atom stereocenters. The summed E-state index contributed by atoms with van der Waals surface area (Å²) >= 11 is 3.01. The van der Waals surface area contributed by atoms with E-state index in [0.717, 1.165) is 28.7 Å². The number of hydrogen-bond donors (Lipinski definition) is 1. The Hall–Kier alpha value is -2.52. The van der Waals surface area contributed by atoms with E-state index in [1.54, 1.807) is 29.8 Å². The molecular weight excluding hydrogens is 409 g/mol. The molecule has 148 valence electrons. The minimum absolute atomic E-state index is 0.104. The van der Waals surface area contributed by atoms with Crippen LogP contribution in [-0.2, 0) is 17.6 Å². The lowest BCUT2D eigenvalue weighted by Gasteiger charge is -2.17. The van der Waals surface area contributed by atoms with Crippen LogP contribution in [0.3, 0.4) is 0 Å². The molecule has 1 N–H and O–H groups in total. The summed E-state index contributed by atoms with van der Waals surface area (Å²) < 4.78 is 15.5. The van der Waals surface area contributed by atoms with Gasteiger partial charge in [0.2, 0.25) is 5.91 Å². The molecule has 1 aliphatic carbocycles. The Morgan fingerprint density at radius 1 is 1.38 bits per heavy atom. The molecule has 1 aromatic carbocycles. The Kier molecular flexibility index (Phi) is 4.71. The van der Waals surface area contributed by atoms with Gasteiger partial charge in [0, 0.05) is 4.88 Å². The van der Waals surface area contributed by atoms with Crippen molar-refractivity contribution in [2.45, 2.75) is 31.3 Å². The average molecular weight is 428 g/mol. The van der Waals surface area contributed by atoms with Crippen LogP contribution < -0.4 is 5.32 Å². The van der Waals surface area contributed by atoms with Crippen LogP contribution >= 0.6 is 23.1 Å². The average Bonchev–Trinajstić information content (AvgIpc) is 3.28. The molecule has 0 bridgehead atoms. The van der Waals surface area contributed by atoms with Gasteiger partial charge in [0.25, 0.3) is 0 Å². The maximum absolute atomic E-state index is 13.7. The fourth-order valence-corrected chi connectivity index (χ4v) is 5.75. The Labute approximate surface area is 174 Å². The molecule has 3 aromatic heterocycles. The van der Waals surface area contributed by atoms with Gasteiger partial charge in [0.05, 0.1) is 16.8 Å². The van der Waals surface area contributed by atoms with E-state index in [-0.39, 0.29) is 17.3 Å². The normalized spacial score (nSPS) is 16.3. The Balaban J connectivity index is 1.39. The zero-order valence-electron chi connectivity index (χ0n) is 15.7. The van der Waals surface area contributed by atoms with Gasteiger partial charge in [-0.05, 0) is 42.9 Å². The lowest BCUT2D eigenvalue weighted by Crippen LogP contribution is -2.15. The Morgan fingerprint density at radius 2 is 2.24 bits per heavy atom. The lowest BCUT2D eigenvalue weighted by atomic mass is 9.89. The minimum atomic E-state index is -0.457. The third-order valence-electron chi connectivity index (χ3n) is 5.15. The second kappa shape index (κ2) is 7.38. The lowest BCUT2D eigenvalue weighted by molar-refractivity contribution is -0.113. The van der Waals surface area contributed by atoms with Crippen molar-refractivity contribution in [1.82, 2.24) is 19.6 Å². The number of aromatic nitrogens is 4. The van der Waals surface area contributed by atoms with Gasteiger partial charge in [-0.2, -0.15) is 0 Å². The van der Waals surface area contributed by atoms with Gasteiger partial charge in [-0.1, -0.05) is 30.8 Å². The maximum Gasteiger partial charge on any atom is 0.234 e. The summed E-state index contributed by atoms with van der Waals surface area (Å²) in [6.45, 7) is 2.29. The van der Waals surface area contributed by atoms with Crippen molar-refractivity contribution in [3.63, 3.8) is 0 Å². The second-order valence-corrected chi connectivity index (χ2v) is 9.30. The molecule has 1 aliphatic rings. The second-order valence-electron chi connectivity index (χ2n) is 7.27. The molecule has 3 heterocycles. The van der Waals surface area contributed by atoms with Crippen molar-refractivity contribution in [2.75, 3.05) is 11.1 Å². The summed E-state index contributed by atoms with van der Waals surface area (Å²) in [5.74, 6) is 0.0464. The number of thiophene rings is 1. The Bertz CT molecular complexity index is 1230. The van der Waals surface area contributed by atoms with E-state index in [1.165, 1.54) is 40.8 Å². The van der Waals surface area contributed by atoms with Gasteiger partial charge >= 0.3 is 0 Å². The van der Waals surface area contributed by atoms with Crippen molar-refractivity contribution in [2.24, 2.45) is 5.92 Å². The number of carbonyl (C=O) groups is 1. The van der Waals surface area contributed by atoms with E-state index in [4.69, 9.17) is 0 Å². The standard InChI is InChI=1S/C20H18FN5OS2/c1-11-6-7-12-15(8-11)29-19-17(12)18-24-25-20(26(18)10-22-19)28-9-16(27)23-14-5-3-2-4-13(14)21/h2-5,10-11H,6-9H2,1H3,(H,23,27). The van der Waals surface area contributed by atoms with Crippen molar-refractivity contribution < 1.29 is 9.18 Å². The van der Waals surface area contributed by atoms with E-state index < -0.39 is 5.82 Å². The zero-order chi connectivity index (χ0) is 20.0.